The van der Waals surface area contributed by atoms with E-state index < -0.39 is 42.2 Å². The molecule has 0 aliphatic carbocycles. The van der Waals surface area contributed by atoms with E-state index in [1.807, 2.05) is 0 Å². The number of amidine groups is 1. The van der Waals surface area contributed by atoms with E-state index >= 15 is 0 Å². The van der Waals surface area contributed by atoms with Crippen LogP contribution >= 0.6 is 0 Å². The Bertz CT molecular complexity index is 1010. The second-order valence-corrected chi connectivity index (χ2v) is 6.45. The number of amides is 2. The summed E-state index contributed by atoms with van der Waals surface area (Å²) in [6, 6.07) is 3.05. The topological polar surface area (TPSA) is 165 Å². The van der Waals surface area contributed by atoms with Crippen molar-refractivity contribution in [1.82, 2.24) is 20.3 Å². The van der Waals surface area contributed by atoms with Crippen molar-refractivity contribution in [2.75, 3.05) is 18.5 Å². The van der Waals surface area contributed by atoms with Crippen LogP contribution in [-0.4, -0.2) is 63.6 Å². The molecule has 2 rings (SSSR count). The summed E-state index contributed by atoms with van der Waals surface area (Å²) in [5.41, 5.74) is 5.14. The largest absolute Gasteiger partial charge is 0.464 e. The number of carbonyl (C=O) groups is 3. The lowest BCUT2D eigenvalue weighted by Gasteiger charge is -2.25. The van der Waals surface area contributed by atoms with Gasteiger partial charge in [0, 0.05) is 17.4 Å². The van der Waals surface area contributed by atoms with Crippen LogP contribution in [0.25, 0.3) is 0 Å². The molecule has 11 nitrogen and oxygen atoms in total. The van der Waals surface area contributed by atoms with Gasteiger partial charge < -0.3 is 21.1 Å². The maximum absolute atomic E-state index is 14.2. The average molecular weight is 473 g/mol. The van der Waals surface area contributed by atoms with Gasteiger partial charge in [0.15, 0.2) is 6.04 Å². The summed E-state index contributed by atoms with van der Waals surface area (Å²) in [6.45, 7) is 0.496. The Kier molecular flexibility index (Phi) is 7.68. The number of nitrogens with two attached hydrogens (primary N) is 1. The predicted octanol–water partition coefficient (Wildman–Crippen LogP) is 0.692. The second-order valence-electron chi connectivity index (χ2n) is 6.45. The Morgan fingerprint density at radius 1 is 1.15 bits per heavy atom. The molecular formula is C18H19F4N7O4. The number of nitrogens with one attached hydrogen (secondary N) is 3. The molecule has 0 saturated heterocycles. The highest BCUT2D eigenvalue weighted by atomic mass is 19.3. The van der Waals surface area contributed by atoms with Crippen LogP contribution in [0.15, 0.2) is 36.7 Å². The number of ether oxygens (including phenoxy) is 1. The Morgan fingerprint density at radius 3 is 2.27 bits per heavy atom. The lowest BCUT2D eigenvalue weighted by molar-refractivity contribution is -0.208. The zero-order valence-corrected chi connectivity index (χ0v) is 17.0. The number of nitrogens with zero attached hydrogens (tertiary/aromatic N) is 3. The van der Waals surface area contributed by atoms with Crippen LogP contribution in [0.4, 0.5) is 23.2 Å². The van der Waals surface area contributed by atoms with Crippen molar-refractivity contribution in [1.29, 1.82) is 5.41 Å². The third kappa shape index (κ3) is 5.61. The summed E-state index contributed by atoms with van der Waals surface area (Å²) in [5.74, 6) is -17.2. The van der Waals surface area contributed by atoms with Crippen molar-refractivity contribution in [3.8, 4) is 0 Å². The van der Waals surface area contributed by atoms with Gasteiger partial charge in [0.05, 0.1) is 19.3 Å². The fourth-order valence-electron chi connectivity index (χ4n) is 2.44. The molecule has 0 spiro atoms. The molecule has 0 fully saturated rings. The van der Waals surface area contributed by atoms with Crippen LogP contribution in [0.3, 0.4) is 0 Å². The first-order valence-electron chi connectivity index (χ1n) is 9.24. The van der Waals surface area contributed by atoms with Crippen LogP contribution in [-0.2, 0) is 19.1 Å². The monoisotopic (exact) mass is 473 g/mol. The molecule has 0 aliphatic rings. The van der Waals surface area contributed by atoms with Crippen LogP contribution < -0.4 is 16.4 Å². The summed E-state index contributed by atoms with van der Waals surface area (Å²) in [5, 5.41) is 17.3. The first-order chi connectivity index (χ1) is 15.4. The first-order valence-corrected chi connectivity index (χ1v) is 9.24. The predicted molar refractivity (Wildman–Crippen MR) is 105 cm³/mol. The van der Waals surface area contributed by atoms with Gasteiger partial charge in [-0.3, -0.25) is 15.0 Å². The number of hydrogen-bond donors (Lipinski definition) is 4. The van der Waals surface area contributed by atoms with E-state index in [1.54, 1.807) is 5.32 Å². The fraction of sp³-hybridized carbons (Fsp3) is 0.333. The van der Waals surface area contributed by atoms with E-state index in [1.165, 1.54) is 30.6 Å². The summed E-state index contributed by atoms with van der Waals surface area (Å²) in [7, 11) is 0. The minimum Gasteiger partial charge on any atom is -0.464 e. The summed E-state index contributed by atoms with van der Waals surface area (Å²) < 4.78 is 62.5. The molecule has 1 unspecified atom stereocenters. The molecule has 1 atom stereocenters. The zero-order chi connectivity index (χ0) is 24.8. The maximum atomic E-state index is 14.2. The number of halogens is 4. The molecule has 2 aromatic rings. The molecule has 0 radical (unpaired) electrons. The molecular weight excluding hydrogens is 454 g/mol. The van der Waals surface area contributed by atoms with Crippen LogP contribution in [0.5, 0.6) is 0 Å². The van der Waals surface area contributed by atoms with Gasteiger partial charge in [-0.25, -0.2) is 9.48 Å². The molecule has 2 amide bonds. The SMILES string of the molecule is CCOC(=O)C(CNC(=O)C(F)(F)C(F)(F)C(=O)Nc1ccc(C(=N)N)cc1)n1ccnn1. The third-order valence-electron chi connectivity index (χ3n) is 4.19. The number of benzene rings is 1. The molecule has 178 valence electrons. The lowest BCUT2D eigenvalue weighted by atomic mass is 10.1. The van der Waals surface area contributed by atoms with Crippen molar-refractivity contribution < 1.29 is 36.7 Å². The van der Waals surface area contributed by atoms with Gasteiger partial charge in [-0.1, -0.05) is 5.21 Å². The minimum absolute atomic E-state index is 0.0836. The number of aromatic nitrogens is 3. The molecule has 0 aliphatic heterocycles. The first kappa shape index (κ1) is 25.2. The summed E-state index contributed by atoms with van der Waals surface area (Å²) in [6.07, 6.45) is 2.33. The zero-order valence-electron chi connectivity index (χ0n) is 17.0. The molecule has 33 heavy (non-hydrogen) atoms. The van der Waals surface area contributed by atoms with Gasteiger partial charge in [0.2, 0.25) is 0 Å². The van der Waals surface area contributed by atoms with Gasteiger partial charge in [-0.15, -0.1) is 5.10 Å². The third-order valence-corrected chi connectivity index (χ3v) is 4.19. The Balaban J connectivity index is 2.11. The van der Waals surface area contributed by atoms with E-state index in [0.717, 1.165) is 23.0 Å². The van der Waals surface area contributed by atoms with Crippen molar-refractivity contribution in [2.45, 2.75) is 24.8 Å². The van der Waals surface area contributed by atoms with E-state index in [9.17, 15) is 31.9 Å². The quantitative estimate of drug-likeness (QED) is 0.171. The normalized spacial score (nSPS) is 12.5. The number of hydrogen-bond acceptors (Lipinski definition) is 7. The molecule has 0 saturated carbocycles. The van der Waals surface area contributed by atoms with E-state index in [0.29, 0.717) is 0 Å². The van der Waals surface area contributed by atoms with E-state index in [4.69, 9.17) is 15.9 Å². The van der Waals surface area contributed by atoms with Gasteiger partial charge in [-0.05, 0) is 31.2 Å². The van der Waals surface area contributed by atoms with Gasteiger partial charge in [0.25, 0.3) is 5.91 Å². The average Bonchev–Trinajstić information content (AvgIpc) is 3.28. The Hall–Kier alpha value is -4.04. The number of esters is 1. The van der Waals surface area contributed by atoms with Crippen LogP contribution in [0.1, 0.15) is 18.5 Å². The fourth-order valence-corrected chi connectivity index (χ4v) is 2.44. The number of rotatable bonds is 10. The van der Waals surface area contributed by atoms with Crippen molar-refractivity contribution >= 4 is 29.3 Å². The highest BCUT2D eigenvalue weighted by Gasteiger charge is 2.67. The summed E-state index contributed by atoms with van der Waals surface area (Å²) in [4.78, 5) is 35.7. The maximum Gasteiger partial charge on any atom is 0.395 e. The molecule has 1 aromatic carbocycles. The van der Waals surface area contributed by atoms with E-state index in [2.05, 4.69) is 10.3 Å². The number of alkyl halides is 4. The smallest absolute Gasteiger partial charge is 0.395 e. The Labute approximate surface area is 183 Å². The second kappa shape index (κ2) is 10.1. The number of carbonyl (C=O) groups excluding carboxylic acids is 3. The van der Waals surface area contributed by atoms with Gasteiger partial charge in [-0.2, -0.15) is 17.6 Å². The molecule has 1 aromatic heterocycles. The van der Waals surface area contributed by atoms with E-state index in [-0.39, 0.29) is 23.7 Å². The number of anilines is 1. The number of nitrogen functional groups attached to an aromatic ring is 1. The molecule has 1 heterocycles. The molecule has 5 N–H and O–H groups in total. The van der Waals surface area contributed by atoms with Crippen molar-refractivity contribution in [2.24, 2.45) is 5.73 Å². The van der Waals surface area contributed by atoms with Gasteiger partial charge >= 0.3 is 23.7 Å². The van der Waals surface area contributed by atoms with Crippen molar-refractivity contribution in [3.63, 3.8) is 0 Å². The molecule has 15 heteroatoms. The van der Waals surface area contributed by atoms with Crippen LogP contribution in [0, 0.1) is 5.41 Å². The highest BCUT2D eigenvalue weighted by Crippen LogP contribution is 2.35. The summed E-state index contributed by atoms with van der Waals surface area (Å²) >= 11 is 0. The molecule has 0 bridgehead atoms. The Morgan fingerprint density at radius 2 is 1.76 bits per heavy atom. The standard InChI is InChI=1S/C18H19F4N7O4/c1-2-33-14(30)12(29-8-7-26-28-29)9-25-15(31)17(19,20)18(21,22)16(32)27-11-5-3-10(4-6-11)13(23)24/h3-8,12H,2,9H2,1H3,(H3,23,24)(H,25,31)(H,27,32). The highest BCUT2D eigenvalue weighted by molar-refractivity contribution is 6.02. The minimum atomic E-state index is -5.47. The van der Waals surface area contributed by atoms with Gasteiger partial charge in [0.1, 0.15) is 5.84 Å². The lowest BCUT2D eigenvalue weighted by Crippen LogP contribution is -2.58. The van der Waals surface area contributed by atoms with Crippen molar-refractivity contribution in [3.05, 3.63) is 42.2 Å². The van der Waals surface area contributed by atoms with Crippen LogP contribution in [0.2, 0.25) is 0 Å².